The third kappa shape index (κ3) is 2.71. The number of nitrogens with two attached hydrogens (primary N) is 1. The molecule has 2 atom stereocenters. The van der Waals surface area contributed by atoms with Crippen LogP contribution in [0, 0.1) is 5.92 Å². The van der Waals surface area contributed by atoms with Gasteiger partial charge in [-0.25, -0.2) is 0 Å². The van der Waals surface area contributed by atoms with Gasteiger partial charge in [-0.15, -0.1) is 0 Å². The maximum atomic E-state index is 12.0. The second-order valence-corrected chi connectivity index (χ2v) is 6.10. The Bertz CT molecular complexity index is 589. The van der Waals surface area contributed by atoms with Gasteiger partial charge in [-0.05, 0) is 43.6 Å². The zero-order chi connectivity index (χ0) is 15.7. The van der Waals surface area contributed by atoms with Gasteiger partial charge in [0.2, 0.25) is 0 Å². The number of carbonyl (C=O) groups is 2. The summed E-state index contributed by atoms with van der Waals surface area (Å²) in [7, 11) is 2.10. The molecule has 22 heavy (non-hydrogen) atoms. The standard InChI is InChI=1S/C16H22N4O2/c1-19-10-11(9-17)7-14(19)12-3-2-4-13(8-12)20-6-5-18-15(21)16(20)22/h2-4,8,11,14H,5-7,9-10,17H2,1H3,(H,18,21). The molecule has 2 aliphatic heterocycles. The van der Waals surface area contributed by atoms with E-state index in [1.54, 1.807) is 4.90 Å². The zero-order valence-electron chi connectivity index (χ0n) is 12.8. The summed E-state index contributed by atoms with van der Waals surface area (Å²) in [5.41, 5.74) is 7.76. The van der Waals surface area contributed by atoms with Crippen molar-refractivity contribution in [3.63, 3.8) is 0 Å². The Morgan fingerprint density at radius 2 is 2.18 bits per heavy atom. The highest BCUT2D eigenvalue weighted by molar-refractivity contribution is 6.41. The molecule has 2 heterocycles. The highest BCUT2D eigenvalue weighted by Crippen LogP contribution is 2.35. The first-order valence-corrected chi connectivity index (χ1v) is 7.70. The first kappa shape index (κ1) is 15.0. The van der Waals surface area contributed by atoms with Crippen LogP contribution in [0.4, 0.5) is 5.69 Å². The van der Waals surface area contributed by atoms with Gasteiger partial charge in [0.1, 0.15) is 0 Å². The Labute approximate surface area is 130 Å². The molecule has 2 unspecified atom stereocenters. The molecule has 2 aliphatic rings. The monoisotopic (exact) mass is 302 g/mol. The van der Waals surface area contributed by atoms with Crippen LogP contribution in [0.25, 0.3) is 0 Å². The normalized spacial score (nSPS) is 26.4. The largest absolute Gasteiger partial charge is 0.346 e. The number of benzene rings is 1. The predicted molar refractivity (Wildman–Crippen MR) is 84.3 cm³/mol. The van der Waals surface area contributed by atoms with Crippen LogP contribution >= 0.6 is 0 Å². The van der Waals surface area contributed by atoms with Gasteiger partial charge < -0.3 is 16.0 Å². The average Bonchev–Trinajstić information content (AvgIpc) is 2.91. The second kappa shape index (κ2) is 6.06. The highest BCUT2D eigenvalue weighted by atomic mass is 16.2. The van der Waals surface area contributed by atoms with Gasteiger partial charge in [0.25, 0.3) is 0 Å². The minimum atomic E-state index is -0.530. The Morgan fingerprint density at radius 3 is 2.91 bits per heavy atom. The van der Waals surface area contributed by atoms with Crippen molar-refractivity contribution >= 4 is 17.5 Å². The number of nitrogens with zero attached hydrogens (tertiary/aromatic N) is 2. The number of hydrogen-bond acceptors (Lipinski definition) is 4. The molecule has 6 nitrogen and oxygen atoms in total. The van der Waals surface area contributed by atoms with Crippen molar-refractivity contribution in [2.45, 2.75) is 12.5 Å². The number of rotatable bonds is 3. The molecule has 0 aromatic heterocycles. The molecule has 0 spiro atoms. The van der Waals surface area contributed by atoms with Crippen LogP contribution in [-0.4, -0.2) is 49.9 Å². The van der Waals surface area contributed by atoms with Crippen molar-refractivity contribution in [2.75, 3.05) is 38.1 Å². The molecule has 2 saturated heterocycles. The van der Waals surface area contributed by atoms with Crippen molar-refractivity contribution in [1.82, 2.24) is 10.2 Å². The van der Waals surface area contributed by atoms with E-state index in [0.717, 1.165) is 18.7 Å². The number of piperazine rings is 1. The van der Waals surface area contributed by atoms with E-state index >= 15 is 0 Å². The summed E-state index contributed by atoms with van der Waals surface area (Å²) in [5, 5.41) is 2.57. The summed E-state index contributed by atoms with van der Waals surface area (Å²) in [6.07, 6.45) is 1.03. The quantitative estimate of drug-likeness (QED) is 0.776. The maximum absolute atomic E-state index is 12.0. The molecule has 3 rings (SSSR count). The van der Waals surface area contributed by atoms with Gasteiger partial charge in [0, 0.05) is 31.4 Å². The van der Waals surface area contributed by atoms with Crippen LogP contribution in [0.15, 0.2) is 24.3 Å². The Morgan fingerprint density at radius 1 is 1.36 bits per heavy atom. The van der Waals surface area contributed by atoms with Crippen molar-refractivity contribution in [3.8, 4) is 0 Å². The zero-order valence-corrected chi connectivity index (χ0v) is 12.8. The topological polar surface area (TPSA) is 78.7 Å². The minimum Gasteiger partial charge on any atom is -0.346 e. The van der Waals surface area contributed by atoms with E-state index in [4.69, 9.17) is 5.73 Å². The minimum absolute atomic E-state index is 0.321. The SMILES string of the molecule is CN1CC(CN)CC1c1cccc(N2CCNC(=O)C2=O)c1. The third-order valence-electron chi connectivity index (χ3n) is 4.60. The lowest BCUT2D eigenvalue weighted by Gasteiger charge is -2.28. The summed E-state index contributed by atoms with van der Waals surface area (Å²) >= 11 is 0. The lowest BCUT2D eigenvalue weighted by Crippen LogP contribution is -2.52. The Balaban J connectivity index is 1.84. The molecule has 0 radical (unpaired) electrons. The van der Waals surface area contributed by atoms with Crippen LogP contribution in [0.2, 0.25) is 0 Å². The van der Waals surface area contributed by atoms with Gasteiger partial charge in [0.05, 0.1) is 0 Å². The Kier molecular flexibility index (Phi) is 4.13. The molecular weight excluding hydrogens is 280 g/mol. The van der Waals surface area contributed by atoms with Crippen molar-refractivity contribution in [1.29, 1.82) is 0 Å². The maximum Gasteiger partial charge on any atom is 0.316 e. The molecule has 6 heteroatoms. The van der Waals surface area contributed by atoms with Crippen LogP contribution in [0.3, 0.4) is 0 Å². The Hall–Kier alpha value is -1.92. The molecule has 0 saturated carbocycles. The summed E-state index contributed by atoms with van der Waals surface area (Å²) < 4.78 is 0. The molecule has 1 aromatic carbocycles. The molecule has 1 aromatic rings. The summed E-state index contributed by atoms with van der Waals surface area (Å²) in [6, 6.07) is 8.26. The molecule has 3 N–H and O–H groups in total. The first-order chi connectivity index (χ1) is 10.6. The lowest BCUT2D eigenvalue weighted by molar-refractivity contribution is -0.138. The van der Waals surface area contributed by atoms with E-state index in [0.29, 0.717) is 31.6 Å². The fourth-order valence-corrected chi connectivity index (χ4v) is 3.39. The number of carbonyl (C=O) groups excluding carboxylic acids is 2. The fourth-order valence-electron chi connectivity index (χ4n) is 3.39. The highest BCUT2D eigenvalue weighted by Gasteiger charge is 2.31. The average molecular weight is 302 g/mol. The van der Waals surface area contributed by atoms with Gasteiger partial charge >= 0.3 is 11.8 Å². The van der Waals surface area contributed by atoms with Crippen molar-refractivity contribution in [3.05, 3.63) is 29.8 Å². The van der Waals surface area contributed by atoms with E-state index in [1.807, 2.05) is 18.2 Å². The molecular formula is C16H22N4O2. The van der Waals surface area contributed by atoms with Crippen molar-refractivity contribution < 1.29 is 9.59 Å². The van der Waals surface area contributed by atoms with Crippen molar-refractivity contribution in [2.24, 2.45) is 11.7 Å². The second-order valence-electron chi connectivity index (χ2n) is 6.10. The fraction of sp³-hybridized carbons (Fsp3) is 0.500. The molecule has 2 fully saturated rings. The van der Waals surface area contributed by atoms with Crippen LogP contribution in [0.1, 0.15) is 18.0 Å². The van der Waals surface area contributed by atoms with E-state index in [2.05, 4.69) is 23.3 Å². The number of anilines is 1. The molecule has 2 amide bonds. The predicted octanol–water partition coefficient (Wildman–Crippen LogP) is 0.101. The van der Waals surface area contributed by atoms with Crippen LogP contribution in [-0.2, 0) is 9.59 Å². The first-order valence-electron chi connectivity index (χ1n) is 7.70. The molecule has 118 valence electrons. The van der Waals surface area contributed by atoms with Crippen LogP contribution in [0.5, 0.6) is 0 Å². The lowest BCUT2D eigenvalue weighted by atomic mass is 9.99. The number of nitrogens with one attached hydrogen (secondary N) is 1. The van der Waals surface area contributed by atoms with Crippen LogP contribution < -0.4 is 16.0 Å². The summed E-state index contributed by atoms with van der Waals surface area (Å²) in [5.74, 6) is -0.498. The van der Waals surface area contributed by atoms with Gasteiger partial charge in [0.15, 0.2) is 0 Å². The number of amides is 2. The van der Waals surface area contributed by atoms with Gasteiger partial charge in [-0.1, -0.05) is 12.1 Å². The smallest absolute Gasteiger partial charge is 0.316 e. The number of hydrogen-bond donors (Lipinski definition) is 2. The summed E-state index contributed by atoms with van der Waals surface area (Å²) in [6.45, 7) is 2.70. The third-order valence-corrected chi connectivity index (χ3v) is 4.60. The van der Waals surface area contributed by atoms with E-state index < -0.39 is 11.8 Å². The van der Waals surface area contributed by atoms with E-state index in [-0.39, 0.29) is 0 Å². The van der Waals surface area contributed by atoms with Gasteiger partial charge in [-0.2, -0.15) is 0 Å². The molecule has 0 bridgehead atoms. The van der Waals surface area contributed by atoms with E-state index in [9.17, 15) is 9.59 Å². The van der Waals surface area contributed by atoms with Gasteiger partial charge in [-0.3, -0.25) is 14.5 Å². The van der Waals surface area contributed by atoms with E-state index in [1.165, 1.54) is 5.56 Å². The number of likely N-dealkylation sites (tertiary alicyclic amines) is 1. The molecule has 0 aliphatic carbocycles. The summed E-state index contributed by atoms with van der Waals surface area (Å²) in [4.78, 5) is 27.4.